The van der Waals surface area contributed by atoms with Gasteiger partial charge in [0.05, 0.1) is 19.8 Å². The van der Waals surface area contributed by atoms with E-state index in [1.807, 2.05) is 0 Å². The highest BCUT2D eigenvalue weighted by Crippen LogP contribution is 2.26. The number of nitrogens with zero attached hydrogens (tertiary/aromatic N) is 5. The molecule has 7 nitrogen and oxygen atoms in total. The number of ether oxygens (including phenoxy) is 1. The van der Waals surface area contributed by atoms with Gasteiger partial charge in [0.15, 0.2) is 0 Å². The number of aliphatic hydroxyl groups excluding tert-OH is 1. The van der Waals surface area contributed by atoms with Gasteiger partial charge >= 0.3 is 0 Å². The third-order valence-electron chi connectivity index (χ3n) is 4.97. The van der Waals surface area contributed by atoms with Crippen molar-refractivity contribution in [2.75, 3.05) is 52.5 Å². The number of rotatable bonds is 6. The summed E-state index contributed by atoms with van der Waals surface area (Å²) >= 11 is 0. The summed E-state index contributed by atoms with van der Waals surface area (Å²) in [6.07, 6.45) is 3.23. The van der Waals surface area contributed by atoms with Gasteiger partial charge in [-0.15, -0.1) is 10.2 Å². The molecular formula is C16H29N5O2. The normalized spacial score (nSPS) is 24.2. The lowest BCUT2D eigenvalue weighted by Crippen LogP contribution is -2.37. The second-order valence-corrected chi connectivity index (χ2v) is 6.64. The molecule has 0 amide bonds. The summed E-state index contributed by atoms with van der Waals surface area (Å²) in [5.41, 5.74) is 0. The SMILES string of the molecule is Cn1c(CN2CCOCC2)nnc1[C@@H]1CCCN(CCCO)C1. The Morgan fingerprint density at radius 2 is 2.00 bits per heavy atom. The predicted molar refractivity (Wildman–Crippen MR) is 87.2 cm³/mol. The summed E-state index contributed by atoms with van der Waals surface area (Å²) in [5.74, 6) is 2.62. The molecule has 2 aliphatic heterocycles. The maximum atomic E-state index is 9.02. The van der Waals surface area contributed by atoms with Crippen LogP contribution in [0.5, 0.6) is 0 Å². The highest BCUT2D eigenvalue weighted by atomic mass is 16.5. The molecule has 1 N–H and O–H groups in total. The van der Waals surface area contributed by atoms with Crippen LogP contribution in [0.4, 0.5) is 0 Å². The Bertz CT molecular complexity index is 487. The van der Waals surface area contributed by atoms with Crippen molar-refractivity contribution >= 4 is 0 Å². The van der Waals surface area contributed by atoms with Crippen molar-refractivity contribution in [1.82, 2.24) is 24.6 Å². The first-order valence-electron chi connectivity index (χ1n) is 8.79. The fourth-order valence-electron chi connectivity index (χ4n) is 3.59. The van der Waals surface area contributed by atoms with Crippen LogP contribution in [0.3, 0.4) is 0 Å². The monoisotopic (exact) mass is 323 g/mol. The highest BCUT2D eigenvalue weighted by Gasteiger charge is 2.26. The zero-order valence-corrected chi connectivity index (χ0v) is 14.2. The van der Waals surface area contributed by atoms with Crippen LogP contribution in [-0.2, 0) is 18.3 Å². The average Bonchev–Trinajstić information content (AvgIpc) is 2.95. The molecule has 3 heterocycles. The molecule has 2 fully saturated rings. The van der Waals surface area contributed by atoms with Crippen LogP contribution < -0.4 is 0 Å². The molecule has 0 bridgehead atoms. The van der Waals surface area contributed by atoms with Crippen LogP contribution >= 0.6 is 0 Å². The first-order valence-corrected chi connectivity index (χ1v) is 8.79. The largest absolute Gasteiger partial charge is 0.396 e. The smallest absolute Gasteiger partial charge is 0.146 e. The Hall–Kier alpha value is -1.02. The Kier molecular flexibility index (Phi) is 5.99. The second kappa shape index (κ2) is 8.19. The molecule has 3 rings (SSSR count). The molecule has 0 saturated carbocycles. The molecule has 0 radical (unpaired) electrons. The molecule has 7 heteroatoms. The van der Waals surface area contributed by atoms with Crippen LogP contribution in [0.25, 0.3) is 0 Å². The summed E-state index contributed by atoms with van der Waals surface area (Å²) in [6, 6.07) is 0. The molecule has 0 spiro atoms. The van der Waals surface area contributed by atoms with E-state index in [0.29, 0.717) is 5.92 Å². The van der Waals surface area contributed by atoms with E-state index in [1.165, 1.54) is 12.8 Å². The predicted octanol–water partition coefficient (Wildman–Crippen LogP) is 0.209. The fraction of sp³-hybridized carbons (Fsp3) is 0.875. The summed E-state index contributed by atoms with van der Waals surface area (Å²) in [7, 11) is 2.10. The van der Waals surface area contributed by atoms with Crippen LogP contribution in [-0.4, -0.2) is 82.2 Å². The van der Waals surface area contributed by atoms with Gasteiger partial charge in [0.1, 0.15) is 11.6 Å². The van der Waals surface area contributed by atoms with Crippen molar-refractivity contribution in [1.29, 1.82) is 0 Å². The van der Waals surface area contributed by atoms with Crippen LogP contribution in [0.15, 0.2) is 0 Å². The van der Waals surface area contributed by atoms with Crippen molar-refractivity contribution < 1.29 is 9.84 Å². The second-order valence-electron chi connectivity index (χ2n) is 6.64. The van der Waals surface area contributed by atoms with E-state index in [9.17, 15) is 0 Å². The Balaban J connectivity index is 1.61. The molecule has 130 valence electrons. The molecule has 1 aromatic rings. The standard InChI is InChI=1S/C16H29N5O2/c1-19-15(13-21-7-10-23-11-8-21)17-18-16(19)14-4-2-5-20(12-14)6-3-9-22/h14,22H,2-13H2,1H3/t14-/m1/s1. The Labute approximate surface area is 138 Å². The van der Waals surface area contributed by atoms with Crippen LogP contribution in [0.1, 0.15) is 36.8 Å². The van der Waals surface area contributed by atoms with E-state index >= 15 is 0 Å². The molecule has 0 aromatic carbocycles. The molecular weight excluding hydrogens is 294 g/mol. The van der Waals surface area contributed by atoms with Gasteiger partial charge in [-0.3, -0.25) is 4.90 Å². The topological polar surface area (TPSA) is 66.7 Å². The number of hydrogen-bond acceptors (Lipinski definition) is 6. The van der Waals surface area contributed by atoms with Crippen LogP contribution in [0.2, 0.25) is 0 Å². The fourth-order valence-corrected chi connectivity index (χ4v) is 3.59. The number of likely N-dealkylation sites (tertiary alicyclic amines) is 1. The molecule has 23 heavy (non-hydrogen) atoms. The van der Waals surface area contributed by atoms with Gasteiger partial charge in [0, 0.05) is 45.8 Å². The van der Waals surface area contributed by atoms with E-state index in [2.05, 4.69) is 31.6 Å². The van der Waals surface area contributed by atoms with Crippen molar-refractivity contribution in [2.24, 2.45) is 7.05 Å². The zero-order valence-electron chi connectivity index (χ0n) is 14.2. The maximum absolute atomic E-state index is 9.02. The lowest BCUT2D eigenvalue weighted by Gasteiger charge is -2.32. The van der Waals surface area contributed by atoms with Crippen molar-refractivity contribution in [3.8, 4) is 0 Å². The molecule has 0 unspecified atom stereocenters. The number of morpholine rings is 1. The van der Waals surface area contributed by atoms with Gasteiger partial charge in [0.2, 0.25) is 0 Å². The maximum Gasteiger partial charge on any atom is 0.146 e. The summed E-state index contributed by atoms with van der Waals surface area (Å²) in [4.78, 5) is 4.83. The average molecular weight is 323 g/mol. The molecule has 1 atom stereocenters. The molecule has 2 saturated heterocycles. The van der Waals surface area contributed by atoms with Crippen molar-refractivity contribution in [2.45, 2.75) is 31.7 Å². The van der Waals surface area contributed by atoms with Gasteiger partial charge in [-0.25, -0.2) is 0 Å². The van der Waals surface area contributed by atoms with Crippen molar-refractivity contribution in [3.63, 3.8) is 0 Å². The van der Waals surface area contributed by atoms with Gasteiger partial charge < -0.3 is 19.3 Å². The molecule has 2 aliphatic rings. The van der Waals surface area contributed by atoms with E-state index < -0.39 is 0 Å². The van der Waals surface area contributed by atoms with E-state index in [0.717, 1.165) is 70.6 Å². The van der Waals surface area contributed by atoms with E-state index in [1.54, 1.807) is 0 Å². The number of piperidine rings is 1. The highest BCUT2D eigenvalue weighted by molar-refractivity contribution is 5.04. The van der Waals surface area contributed by atoms with Gasteiger partial charge in [0.25, 0.3) is 0 Å². The molecule has 0 aliphatic carbocycles. The number of aliphatic hydroxyl groups is 1. The first kappa shape index (κ1) is 16.8. The Morgan fingerprint density at radius 1 is 1.17 bits per heavy atom. The van der Waals surface area contributed by atoms with Gasteiger partial charge in [-0.2, -0.15) is 0 Å². The lowest BCUT2D eigenvalue weighted by atomic mass is 9.97. The zero-order chi connectivity index (χ0) is 16.1. The first-order chi connectivity index (χ1) is 11.3. The Morgan fingerprint density at radius 3 is 2.78 bits per heavy atom. The van der Waals surface area contributed by atoms with Crippen LogP contribution in [0, 0.1) is 0 Å². The minimum Gasteiger partial charge on any atom is -0.396 e. The quantitative estimate of drug-likeness (QED) is 0.807. The summed E-state index contributed by atoms with van der Waals surface area (Å²) in [6.45, 7) is 7.84. The minimum absolute atomic E-state index is 0.273. The van der Waals surface area contributed by atoms with E-state index in [4.69, 9.17) is 9.84 Å². The minimum atomic E-state index is 0.273. The summed E-state index contributed by atoms with van der Waals surface area (Å²) < 4.78 is 7.59. The summed E-state index contributed by atoms with van der Waals surface area (Å²) in [5, 5.41) is 18.0. The number of hydrogen-bond donors (Lipinski definition) is 1. The van der Waals surface area contributed by atoms with Gasteiger partial charge in [-0.05, 0) is 25.8 Å². The third-order valence-corrected chi connectivity index (χ3v) is 4.97. The van der Waals surface area contributed by atoms with Gasteiger partial charge in [-0.1, -0.05) is 0 Å². The number of aromatic nitrogens is 3. The van der Waals surface area contributed by atoms with E-state index in [-0.39, 0.29) is 6.61 Å². The van der Waals surface area contributed by atoms with Crippen molar-refractivity contribution in [3.05, 3.63) is 11.6 Å². The lowest BCUT2D eigenvalue weighted by molar-refractivity contribution is 0.0326. The third kappa shape index (κ3) is 4.29. The molecule has 1 aromatic heterocycles.